The summed E-state index contributed by atoms with van der Waals surface area (Å²) in [4.78, 5) is 19.4. The second kappa shape index (κ2) is 6.26. The number of nitrogens with two attached hydrogens (primary N) is 2. The quantitative estimate of drug-likeness (QED) is 0.431. The number of nitrogen functional groups attached to an aromatic ring is 1. The molecule has 0 saturated carbocycles. The first kappa shape index (κ1) is 17.4. The number of carbonyl (C=O) groups excluding carboxylic acids is 1. The minimum atomic E-state index is -1.32. The van der Waals surface area contributed by atoms with Crippen molar-refractivity contribution in [1.82, 2.24) is 14.5 Å². The lowest BCUT2D eigenvalue weighted by atomic mass is 10.1. The smallest absolute Gasteiger partial charge is 0.251 e. The Hall–Kier alpha value is -1.98. The van der Waals surface area contributed by atoms with Gasteiger partial charge in [-0.3, -0.25) is 4.79 Å². The zero-order chi connectivity index (χ0) is 16.0. The van der Waals surface area contributed by atoms with Crippen LogP contribution in [-0.4, -0.2) is 60.7 Å². The molecule has 0 spiro atoms. The zero-order valence-corrected chi connectivity index (χ0v) is 12.6. The van der Waals surface area contributed by atoms with Gasteiger partial charge in [0.25, 0.3) is 5.91 Å². The third kappa shape index (κ3) is 2.60. The Morgan fingerprint density at radius 1 is 1.35 bits per heavy atom. The standard InChI is InChI=1S/C12H15N5O5.ClH/c13-9-6-4(10(14)21)1-17(11(6)16-3-15-9)12-8(20)7(19)5(2-18)22-12;/h1,3,5,7-8,12,18-20H,2H2,(H2,14,21)(H2,13,15,16);1H. The lowest BCUT2D eigenvalue weighted by Gasteiger charge is -2.17. The fraction of sp³-hybridized carbons (Fsp3) is 0.417. The van der Waals surface area contributed by atoms with Gasteiger partial charge in [0.05, 0.1) is 17.6 Å². The number of primary amides is 1. The van der Waals surface area contributed by atoms with Gasteiger partial charge in [-0.25, -0.2) is 9.97 Å². The number of carbonyl (C=O) groups is 1. The molecule has 7 N–H and O–H groups in total. The first-order chi connectivity index (χ1) is 10.5. The molecule has 1 amide bonds. The predicted molar refractivity (Wildman–Crippen MR) is 80.7 cm³/mol. The minimum Gasteiger partial charge on any atom is -0.394 e. The number of ether oxygens (including phenoxy) is 1. The largest absolute Gasteiger partial charge is 0.394 e. The SMILES string of the molecule is Cl.NC(=O)c1cn(C2OC(CO)C(O)C2O)c2ncnc(N)c12. The van der Waals surface area contributed by atoms with E-state index in [-0.39, 0.29) is 34.8 Å². The van der Waals surface area contributed by atoms with E-state index in [4.69, 9.17) is 21.3 Å². The fourth-order valence-electron chi connectivity index (χ4n) is 2.60. The van der Waals surface area contributed by atoms with Crippen LogP contribution in [0.5, 0.6) is 0 Å². The van der Waals surface area contributed by atoms with Crippen molar-refractivity contribution in [3.8, 4) is 0 Å². The van der Waals surface area contributed by atoms with E-state index >= 15 is 0 Å². The molecule has 4 unspecified atom stereocenters. The molecule has 0 aliphatic carbocycles. The summed E-state index contributed by atoms with van der Waals surface area (Å²) in [6, 6.07) is 0. The first-order valence-corrected chi connectivity index (χ1v) is 6.49. The summed E-state index contributed by atoms with van der Waals surface area (Å²) in [6.45, 7) is -0.465. The summed E-state index contributed by atoms with van der Waals surface area (Å²) < 4.78 is 6.77. The first-order valence-electron chi connectivity index (χ1n) is 6.49. The molecule has 126 valence electrons. The van der Waals surface area contributed by atoms with Crippen LogP contribution in [-0.2, 0) is 4.74 Å². The number of hydrogen-bond acceptors (Lipinski definition) is 8. The molecular weight excluding hydrogens is 330 g/mol. The van der Waals surface area contributed by atoms with E-state index in [1.54, 1.807) is 0 Å². The van der Waals surface area contributed by atoms with Crippen LogP contribution < -0.4 is 11.5 Å². The summed E-state index contributed by atoms with van der Waals surface area (Å²) in [5.74, 6) is -0.679. The molecule has 1 aliphatic heterocycles. The molecule has 23 heavy (non-hydrogen) atoms. The number of aliphatic hydroxyl groups is 3. The van der Waals surface area contributed by atoms with Gasteiger partial charge in [-0.05, 0) is 0 Å². The minimum absolute atomic E-state index is 0. The second-order valence-electron chi connectivity index (χ2n) is 5.00. The van der Waals surface area contributed by atoms with Gasteiger partial charge in [0.2, 0.25) is 0 Å². The Morgan fingerprint density at radius 2 is 2.04 bits per heavy atom. The van der Waals surface area contributed by atoms with Gasteiger partial charge in [0, 0.05) is 6.20 Å². The summed E-state index contributed by atoms with van der Waals surface area (Å²) >= 11 is 0. The molecule has 1 fully saturated rings. The number of amides is 1. The van der Waals surface area contributed by atoms with Crippen molar-refractivity contribution in [2.24, 2.45) is 5.73 Å². The molecule has 11 heteroatoms. The van der Waals surface area contributed by atoms with Crippen LogP contribution in [0.15, 0.2) is 12.5 Å². The molecule has 1 aliphatic rings. The van der Waals surface area contributed by atoms with Crippen LogP contribution in [0.3, 0.4) is 0 Å². The van der Waals surface area contributed by atoms with Crippen molar-refractivity contribution >= 4 is 35.2 Å². The highest BCUT2D eigenvalue weighted by atomic mass is 35.5. The van der Waals surface area contributed by atoms with Crippen molar-refractivity contribution < 1.29 is 24.9 Å². The summed E-state index contributed by atoms with van der Waals surface area (Å²) in [6.07, 6.45) is -2.06. The molecule has 10 nitrogen and oxygen atoms in total. The van der Waals surface area contributed by atoms with E-state index in [2.05, 4.69) is 9.97 Å². The van der Waals surface area contributed by atoms with Crippen LogP contribution >= 0.6 is 12.4 Å². The van der Waals surface area contributed by atoms with E-state index in [1.807, 2.05) is 0 Å². The highest BCUT2D eigenvalue weighted by Crippen LogP contribution is 2.34. The van der Waals surface area contributed by atoms with E-state index < -0.39 is 37.1 Å². The van der Waals surface area contributed by atoms with E-state index in [9.17, 15) is 15.0 Å². The van der Waals surface area contributed by atoms with Crippen LogP contribution in [0.1, 0.15) is 16.6 Å². The molecule has 4 atom stereocenters. The van der Waals surface area contributed by atoms with Crippen LogP contribution in [0, 0.1) is 0 Å². The number of aliphatic hydroxyl groups excluding tert-OH is 3. The summed E-state index contributed by atoms with van der Waals surface area (Å²) in [5.41, 5.74) is 11.4. The van der Waals surface area contributed by atoms with E-state index in [0.717, 1.165) is 0 Å². The fourth-order valence-corrected chi connectivity index (χ4v) is 2.60. The summed E-state index contributed by atoms with van der Waals surface area (Å²) in [5, 5.41) is 29.3. The number of halogens is 1. The Labute approximate surface area is 136 Å². The number of rotatable bonds is 3. The maximum Gasteiger partial charge on any atom is 0.251 e. The highest BCUT2D eigenvalue weighted by molar-refractivity contribution is 6.08. The van der Waals surface area contributed by atoms with Gasteiger partial charge in [-0.1, -0.05) is 0 Å². The molecule has 3 rings (SSSR count). The third-order valence-electron chi connectivity index (χ3n) is 3.70. The number of aromatic nitrogens is 3. The Bertz CT molecular complexity index is 738. The second-order valence-corrected chi connectivity index (χ2v) is 5.00. The lowest BCUT2D eigenvalue weighted by molar-refractivity contribution is -0.0508. The molecule has 3 heterocycles. The van der Waals surface area contributed by atoms with Crippen molar-refractivity contribution in [2.75, 3.05) is 12.3 Å². The van der Waals surface area contributed by atoms with Crippen molar-refractivity contribution in [3.63, 3.8) is 0 Å². The van der Waals surface area contributed by atoms with Crippen molar-refractivity contribution in [3.05, 3.63) is 18.1 Å². The average molecular weight is 346 g/mol. The molecule has 0 bridgehead atoms. The summed E-state index contributed by atoms with van der Waals surface area (Å²) in [7, 11) is 0. The Kier molecular flexibility index (Phi) is 4.73. The Balaban J connectivity index is 0.00000192. The molecule has 1 saturated heterocycles. The zero-order valence-electron chi connectivity index (χ0n) is 11.7. The molecule has 0 aromatic carbocycles. The van der Waals surface area contributed by atoms with Gasteiger partial charge in [0.1, 0.15) is 36.1 Å². The normalized spacial score (nSPS) is 27.1. The average Bonchev–Trinajstić information content (AvgIpc) is 3.00. The molecule has 2 aromatic heterocycles. The molecule has 2 aromatic rings. The van der Waals surface area contributed by atoms with Gasteiger partial charge in [-0.2, -0.15) is 0 Å². The number of fused-ring (bicyclic) bond motifs is 1. The van der Waals surface area contributed by atoms with Gasteiger partial charge in [-0.15, -0.1) is 12.4 Å². The number of anilines is 1. The predicted octanol–water partition coefficient (Wildman–Crippen LogP) is -1.85. The van der Waals surface area contributed by atoms with E-state index in [1.165, 1.54) is 17.1 Å². The van der Waals surface area contributed by atoms with Gasteiger partial charge < -0.3 is 36.1 Å². The topological polar surface area (TPSA) is 170 Å². The van der Waals surface area contributed by atoms with Gasteiger partial charge in [0.15, 0.2) is 6.23 Å². The van der Waals surface area contributed by atoms with Crippen LogP contribution in [0.4, 0.5) is 5.82 Å². The van der Waals surface area contributed by atoms with E-state index in [0.29, 0.717) is 0 Å². The molecule has 0 radical (unpaired) electrons. The maximum atomic E-state index is 11.6. The van der Waals surface area contributed by atoms with Crippen LogP contribution in [0.25, 0.3) is 11.0 Å². The van der Waals surface area contributed by atoms with Gasteiger partial charge >= 0.3 is 0 Å². The molecular formula is C12H16ClN5O5. The maximum absolute atomic E-state index is 11.6. The Morgan fingerprint density at radius 3 is 2.61 bits per heavy atom. The number of hydrogen-bond donors (Lipinski definition) is 5. The van der Waals surface area contributed by atoms with Crippen LogP contribution in [0.2, 0.25) is 0 Å². The highest BCUT2D eigenvalue weighted by Gasteiger charge is 2.44. The van der Waals surface area contributed by atoms with Crippen molar-refractivity contribution in [1.29, 1.82) is 0 Å². The monoisotopic (exact) mass is 345 g/mol. The number of nitrogens with zero attached hydrogens (tertiary/aromatic N) is 3. The lowest BCUT2D eigenvalue weighted by Crippen LogP contribution is -2.33. The van der Waals surface area contributed by atoms with Crippen molar-refractivity contribution in [2.45, 2.75) is 24.5 Å². The third-order valence-corrected chi connectivity index (χ3v) is 3.70.